The third-order valence-electron chi connectivity index (χ3n) is 3.15. The molecule has 0 saturated carbocycles. The van der Waals surface area contributed by atoms with Gasteiger partial charge >= 0.3 is 5.69 Å². The fourth-order valence-corrected chi connectivity index (χ4v) is 2.01. The van der Waals surface area contributed by atoms with E-state index >= 15 is 0 Å². The lowest BCUT2D eigenvalue weighted by atomic mass is 10.1. The van der Waals surface area contributed by atoms with Crippen molar-refractivity contribution in [2.75, 3.05) is 13.6 Å². The minimum absolute atomic E-state index is 0.0187. The number of fused-ring (bicyclic) bond motifs is 1. The monoisotopic (exact) mass is 262 g/mol. The number of nitrogens with one attached hydrogen (secondary N) is 2. The van der Waals surface area contributed by atoms with Crippen molar-refractivity contribution >= 4 is 16.9 Å². The Morgan fingerprint density at radius 2 is 2.05 bits per heavy atom. The summed E-state index contributed by atoms with van der Waals surface area (Å²) in [6.45, 7) is 2.64. The van der Waals surface area contributed by atoms with Gasteiger partial charge in [0, 0.05) is 26.1 Å². The molecule has 0 saturated heterocycles. The Morgan fingerprint density at radius 1 is 1.37 bits per heavy atom. The molecule has 0 aliphatic heterocycles. The summed E-state index contributed by atoms with van der Waals surface area (Å²) in [6, 6.07) is 5.58. The smallest absolute Gasteiger partial charge is 0.323 e. The van der Waals surface area contributed by atoms with Gasteiger partial charge in [-0.3, -0.25) is 4.79 Å². The molecule has 0 spiro atoms. The van der Waals surface area contributed by atoms with Gasteiger partial charge in [-0.15, -0.1) is 0 Å². The number of imidazole rings is 1. The van der Waals surface area contributed by atoms with E-state index in [-0.39, 0.29) is 17.5 Å². The molecular weight excluding hydrogens is 244 g/mol. The first kappa shape index (κ1) is 13.4. The van der Waals surface area contributed by atoms with Crippen molar-refractivity contribution in [3.05, 3.63) is 34.2 Å². The highest BCUT2D eigenvalue weighted by Gasteiger charge is 2.16. The summed E-state index contributed by atoms with van der Waals surface area (Å²) in [5.41, 5.74) is 7.73. The molecule has 2 aromatic rings. The molecule has 1 unspecified atom stereocenters. The van der Waals surface area contributed by atoms with Gasteiger partial charge in [0.05, 0.1) is 11.0 Å². The molecule has 1 atom stereocenters. The average Bonchev–Trinajstić information content (AvgIpc) is 2.76. The van der Waals surface area contributed by atoms with E-state index in [0.717, 1.165) is 16.6 Å². The molecule has 0 bridgehead atoms. The largest absolute Gasteiger partial charge is 0.341 e. The highest BCUT2D eigenvalue weighted by Crippen LogP contribution is 2.12. The zero-order valence-corrected chi connectivity index (χ0v) is 11.1. The van der Waals surface area contributed by atoms with Gasteiger partial charge in [0.25, 0.3) is 0 Å². The highest BCUT2D eigenvalue weighted by atomic mass is 16.2. The lowest BCUT2D eigenvalue weighted by Crippen LogP contribution is -2.34. The number of carbonyl (C=O) groups is 1. The molecule has 102 valence electrons. The number of hydrogen-bond acceptors (Lipinski definition) is 3. The number of carbonyl (C=O) groups excluding carboxylic acids is 1. The van der Waals surface area contributed by atoms with Crippen molar-refractivity contribution in [2.24, 2.45) is 11.7 Å². The van der Waals surface area contributed by atoms with Gasteiger partial charge in [-0.1, -0.05) is 13.0 Å². The Morgan fingerprint density at radius 3 is 2.74 bits per heavy atom. The molecule has 1 aromatic carbocycles. The number of nitrogens with two attached hydrogens (primary N) is 1. The summed E-state index contributed by atoms with van der Waals surface area (Å²) in [7, 11) is 1.75. The van der Waals surface area contributed by atoms with Crippen LogP contribution in [0.4, 0.5) is 0 Å². The van der Waals surface area contributed by atoms with Crippen LogP contribution in [-0.2, 0) is 11.3 Å². The predicted octanol–water partition coefficient (Wildman–Crippen LogP) is 0.409. The Kier molecular flexibility index (Phi) is 3.71. The van der Waals surface area contributed by atoms with E-state index in [1.807, 2.05) is 25.1 Å². The van der Waals surface area contributed by atoms with Crippen molar-refractivity contribution in [1.82, 2.24) is 14.9 Å². The van der Waals surface area contributed by atoms with E-state index in [0.29, 0.717) is 13.1 Å². The summed E-state index contributed by atoms with van der Waals surface area (Å²) >= 11 is 0. The zero-order chi connectivity index (χ0) is 14.0. The van der Waals surface area contributed by atoms with Crippen LogP contribution in [0, 0.1) is 5.92 Å². The van der Waals surface area contributed by atoms with Crippen LogP contribution in [0.3, 0.4) is 0 Å². The molecule has 1 amide bonds. The maximum atomic E-state index is 11.9. The summed E-state index contributed by atoms with van der Waals surface area (Å²) in [5, 5.41) is 0. The quantitative estimate of drug-likeness (QED) is 0.744. The van der Waals surface area contributed by atoms with E-state index in [1.54, 1.807) is 11.9 Å². The summed E-state index contributed by atoms with van der Waals surface area (Å²) < 4.78 is 0. The van der Waals surface area contributed by atoms with Gasteiger partial charge in [0.15, 0.2) is 0 Å². The second kappa shape index (κ2) is 5.27. The topological polar surface area (TPSA) is 95.0 Å². The lowest BCUT2D eigenvalue weighted by molar-refractivity contribution is -0.133. The van der Waals surface area contributed by atoms with E-state index in [2.05, 4.69) is 9.97 Å². The first-order chi connectivity index (χ1) is 9.01. The van der Waals surface area contributed by atoms with Gasteiger partial charge < -0.3 is 20.6 Å². The van der Waals surface area contributed by atoms with Gasteiger partial charge in [-0.25, -0.2) is 4.79 Å². The summed E-state index contributed by atoms with van der Waals surface area (Å²) in [6.07, 6.45) is 0. The third kappa shape index (κ3) is 2.85. The highest BCUT2D eigenvalue weighted by molar-refractivity contribution is 5.79. The summed E-state index contributed by atoms with van der Waals surface area (Å²) in [4.78, 5) is 30.1. The Hall–Kier alpha value is -2.08. The molecule has 6 heteroatoms. The number of benzene rings is 1. The Balaban J connectivity index is 2.16. The number of amides is 1. The molecule has 0 radical (unpaired) electrons. The SMILES string of the molecule is CC(CN)C(=O)N(C)Cc1ccc2[nH]c(=O)[nH]c2c1. The second-order valence-electron chi connectivity index (χ2n) is 4.79. The molecule has 0 aliphatic carbocycles. The number of H-pyrrole nitrogens is 2. The minimum Gasteiger partial charge on any atom is -0.341 e. The van der Waals surface area contributed by atoms with Gasteiger partial charge in [0.1, 0.15) is 0 Å². The standard InChI is InChI=1S/C13H18N4O2/c1-8(6-14)12(18)17(2)7-9-3-4-10-11(5-9)16-13(19)15-10/h3-5,8H,6-7,14H2,1-2H3,(H2,15,16,19). The van der Waals surface area contributed by atoms with Crippen molar-refractivity contribution in [1.29, 1.82) is 0 Å². The van der Waals surface area contributed by atoms with E-state index < -0.39 is 0 Å². The van der Waals surface area contributed by atoms with Crippen molar-refractivity contribution in [3.8, 4) is 0 Å². The summed E-state index contributed by atoms with van der Waals surface area (Å²) in [5.74, 6) is -0.161. The average molecular weight is 262 g/mol. The number of aromatic amines is 2. The first-order valence-electron chi connectivity index (χ1n) is 6.17. The van der Waals surface area contributed by atoms with Crippen molar-refractivity contribution in [3.63, 3.8) is 0 Å². The Labute approximate surface area is 110 Å². The molecule has 6 nitrogen and oxygen atoms in total. The van der Waals surface area contributed by atoms with Crippen molar-refractivity contribution < 1.29 is 4.79 Å². The minimum atomic E-state index is -0.228. The molecule has 2 rings (SSSR count). The molecule has 4 N–H and O–H groups in total. The fraction of sp³-hybridized carbons (Fsp3) is 0.385. The van der Waals surface area contributed by atoms with Crippen LogP contribution in [0.2, 0.25) is 0 Å². The van der Waals surface area contributed by atoms with Crippen LogP contribution >= 0.6 is 0 Å². The van der Waals surface area contributed by atoms with Crippen molar-refractivity contribution in [2.45, 2.75) is 13.5 Å². The van der Waals surface area contributed by atoms with Crippen LogP contribution in [-0.4, -0.2) is 34.4 Å². The first-order valence-corrected chi connectivity index (χ1v) is 6.17. The van der Waals surface area contributed by atoms with Crippen LogP contribution < -0.4 is 11.4 Å². The molecule has 0 fully saturated rings. The van der Waals surface area contributed by atoms with E-state index in [4.69, 9.17) is 5.73 Å². The fourth-order valence-electron chi connectivity index (χ4n) is 2.01. The molecule has 1 heterocycles. The maximum Gasteiger partial charge on any atom is 0.323 e. The molecule has 1 aromatic heterocycles. The van der Waals surface area contributed by atoms with Crippen LogP contribution in [0.1, 0.15) is 12.5 Å². The molecule has 0 aliphatic rings. The van der Waals surface area contributed by atoms with Gasteiger partial charge in [-0.05, 0) is 17.7 Å². The van der Waals surface area contributed by atoms with Crippen LogP contribution in [0.5, 0.6) is 0 Å². The van der Waals surface area contributed by atoms with E-state index in [1.165, 1.54) is 0 Å². The number of aromatic nitrogens is 2. The van der Waals surface area contributed by atoms with Crippen LogP contribution in [0.25, 0.3) is 11.0 Å². The number of hydrogen-bond donors (Lipinski definition) is 3. The predicted molar refractivity (Wildman–Crippen MR) is 73.6 cm³/mol. The maximum absolute atomic E-state index is 11.9. The van der Waals surface area contributed by atoms with Gasteiger partial charge in [0.2, 0.25) is 5.91 Å². The van der Waals surface area contributed by atoms with Crippen LogP contribution in [0.15, 0.2) is 23.0 Å². The number of rotatable bonds is 4. The van der Waals surface area contributed by atoms with Gasteiger partial charge in [-0.2, -0.15) is 0 Å². The lowest BCUT2D eigenvalue weighted by Gasteiger charge is -2.20. The molecular formula is C13H18N4O2. The Bertz CT molecular complexity index is 643. The second-order valence-corrected chi connectivity index (χ2v) is 4.79. The normalized spacial score (nSPS) is 12.6. The van der Waals surface area contributed by atoms with E-state index in [9.17, 15) is 9.59 Å². The number of nitrogens with zero attached hydrogens (tertiary/aromatic N) is 1. The third-order valence-corrected chi connectivity index (χ3v) is 3.15. The molecule has 19 heavy (non-hydrogen) atoms. The zero-order valence-electron chi connectivity index (χ0n) is 11.1.